The Balaban J connectivity index is 2.39. The summed E-state index contributed by atoms with van der Waals surface area (Å²) in [4.78, 5) is 24.6. The van der Waals surface area contributed by atoms with Gasteiger partial charge in [0, 0.05) is 18.2 Å². The van der Waals surface area contributed by atoms with Crippen molar-refractivity contribution in [1.82, 2.24) is 0 Å². The quantitative estimate of drug-likeness (QED) is 0.849. The maximum atomic E-state index is 12.0. The zero-order chi connectivity index (χ0) is 12.6. The standard InChI is InChI=1S/C13H15NO3/c1-8(2)12(15)14-6-5-9-3-4-10(13(16)17)7-11(9)14/h3-4,7-8H,5-6H2,1-2H3,(H,16,17). The number of hydrogen-bond acceptors (Lipinski definition) is 2. The Morgan fingerprint density at radius 3 is 2.65 bits per heavy atom. The van der Waals surface area contributed by atoms with Gasteiger partial charge in [0.2, 0.25) is 5.91 Å². The molecule has 1 aromatic rings. The Morgan fingerprint density at radius 1 is 1.35 bits per heavy atom. The van der Waals surface area contributed by atoms with Gasteiger partial charge >= 0.3 is 5.97 Å². The zero-order valence-electron chi connectivity index (χ0n) is 9.93. The van der Waals surface area contributed by atoms with Crippen LogP contribution in [0.2, 0.25) is 0 Å². The van der Waals surface area contributed by atoms with Crippen molar-refractivity contribution in [1.29, 1.82) is 0 Å². The summed E-state index contributed by atoms with van der Waals surface area (Å²) in [6.45, 7) is 4.35. The zero-order valence-corrected chi connectivity index (χ0v) is 9.93. The molecule has 0 aromatic heterocycles. The van der Waals surface area contributed by atoms with Crippen LogP contribution in [-0.2, 0) is 11.2 Å². The third-order valence-corrected chi connectivity index (χ3v) is 2.99. The number of carbonyl (C=O) groups excluding carboxylic acids is 1. The Labute approximate surface area is 99.9 Å². The van der Waals surface area contributed by atoms with Gasteiger partial charge in [-0.25, -0.2) is 4.79 Å². The molecule has 0 saturated heterocycles. The molecule has 1 aromatic carbocycles. The Morgan fingerprint density at radius 2 is 2.06 bits per heavy atom. The van der Waals surface area contributed by atoms with E-state index in [-0.39, 0.29) is 17.4 Å². The first-order valence-corrected chi connectivity index (χ1v) is 5.68. The van der Waals surface area contributed by atoms with Gasteiger partial charge in [0.25, 0.3) is 0 Å². The third kappa shape index (κ3) is 2.02. The maximum absolute atomic E-state index is 12.0. The molecule has 1 N–H and O–H groups in total. The van der Waals surface area contributed by atoms with Gasteiger partial charge in [0.1, 0.15) is 0 Å². The average Bonchev–Trinajstić information content (AvgIpc) is 2.70. The maximum Gasteiger partial charge on any atom is 0.335 e. The summed E-state index contributed by atoms with van der Waals surface area (Å²) >= 11 is 0. The minimum absolute atomic E-state index is 0.0475. The molecule has 1 aliphatic heterocycles. The van der Waals surface area contributed by atoms with Crippen LogP contribution in [0.25, 0.3) is 0 Å². The number of rotatable bonds is 2. The topological polar surface area (TPSA) is 57.6 Å². The van der Waals surface area contributed by atoms with Gasteiger partial charge in [0.05, 0.1) is 5.56 Å². The second-order valence-electron chi connectivity index (χ2n) is 4.54. The van der Waals surface area contributed by atoms with Crippen molar-refractivity contribution < 1.29 is 14.7 Å². The molecule has 1 aliphatic rings. The van der Waals surface area contributed by atoms with Crippen molar-refractivity contribution >= 4 is 17.6 Å². The lowest BCUT2D eigenvalue weighted by Gasteiger charge is -2.19. The number of nitrogens with zero attached hydrogens (tertiary/aromatic N) is 1. The van der Waals surface area contributed by atoms with Gasteiger partial charge in [-0.2, -0.15) is 0 Å². The molecule has 4 heteroatoms. The van der Waals surface area contributed by atoms with E-state index in [1.807, 2.05) is 13.8 Å². The van der Waals surface area contributed by atoms with Crippen molar-refractivity contribution in [2.45, 2.75) is 20.3 Å². The van der Waals surface area contributed by atoms with E-state index in [9.17, 15) is 9.59 Å². The summed E-state index contributed by atoms with van der Waals surface area (Å²) < 4.78 is 0. The molecule has 0 bridgehead atoms. The molecule has 0 spiro atoms. The first-order valence-electron chi connectivity index (χ1n) is 5.68. The number of anilines is 1. The number of carboxylic acids is 1. The van der Waals surface area contributed by atoms with Crippen LogP contribution in [0.1, 0.15) is 29.8 Å². The number of hydrogen-bond donors (Lipinski definition) is 1. The lowest BCUT2D eigenvalue weighted by molar-refractivity contribution is -0.121. The van der Waals surface area contributed by atoms with Gasteiger partial charge in [0.15, 0.2) is 0 Å². The van der Waals surface area contributed by atoms with E-state index in [1.165, 1.54) is 0 Å². The molecule has 0 fully saturated rings. The van der Waals surface area contributed by atoms with Gasteiger partial charge in [-0.1, -0.05) is 19.9 Å². The first-order chi connectivity index (χ1) is 8.00. The number of carboxylic acid groups (broad SMARTS) is 1. The highest BCUT2D eigenvalue weighted by atomic mass is 16.4. The molecule has 90 valence electrons. The second kappa shape index (κ2) is 4.20. The lowest BCUT2D eigenvalue weighted by Crippen LogP contribution is -2.32. The van der Waals surface area contributed by atoms with Gasteiger partial charge in [-0.3, -0.25) is 4.79 Å². The fraction of sp³-hybridized carbons (Fsp3) is 0.385. The number of amides is 1. The number of carbonyl (C=O) groups is 2. The van der Waals surface area contributed by atoms with E-state index in [0.717, 1.165) is 17.7 Å². The average molecular weight is 233 g/mol. The van der Waals surface area contributed by atoms with E-state index in [0.29, 0.717) is 6.54 Å². The largest absolute Gasteiger partial charge is 0.478 e. The number of benzene rings is 1. The summed E-state index contributed by atoms with van der Waals surface area (Å²) in [5.41, 5.74) is 2.03. The van der Waals surface area contributed by atoms with Crippen molar-refractivity contribution in [2.24, 2.45) is 5.92 Å². The summed E-state index contributed by atoms with van der Waals surface area (Å²) in [5, 5.41) is 8.95. The predicted octanol–water partition coefficient (Wildman–Crippen LogP) is 1.93. The Bertz CT molecular complexity index is 480. The van der Waals surface area contributed by atoms with Crippen LogP contribution in [0.15, 0.2) is 18.2 Å². The predicted molar refractivity (Wildman–Crippen MR) is 64.3 cm³/mol. The van der Waals surface area contributed by atoms with Crippen LogP contribution in [0.5, 0.6) is 0 Å². The summed E-state index contributed by atoms with van der Waals surface area (Å²) in [6.07, 6.45) is 0.799. The molecule has 0 aliphatic carbocycles. The van der Waals surface area contributed by atoms with Crippen LogP contribution in [-0.4, -0.2) is 23.5 Å². The molecule has 1 heterocycles. The molecule has 0 atom stereocenters. The molecular weight excluding hydrogens is 218 g/mol. The van der Waals surface area contributed by atoms with E-state index < -0.39 is 5.97 Å². The van der Waals surface area contributed by atoms with E-state index in [2.05, 4.69) is 0 Å². The molecule has 1 amide bonds. The SMILES string of the molecule is CC(C)C(=O)N1CCc2ccc(C(=O)O)cc21. The first kappa shape index (κ1) is 11.6. The molecular formula is C13H15NO3. The monoisotopic (exact) mass is 233 g/mol. The minimum Gasteiger partial charge on any atom is -0.478 e. The van der Waals surface area contributed by atoms with Gasteiger partial charge in [-0.05, 0) is 24.1 Å². The van der Waals surface area contributed by atoms with E-state index in [4.69, 9.17) is 5.11 Å². The fourth-order valence-corrected chi connectivity index (χ4v) is 2.05. The summed E-state index contributed by atoms with van der Waals surface area (Å²) in [7, 11) is 0. The Kier molecular flexibility index (Phi) is 2.88. The summed E-state index contributed by atoms with van der Waals surface area (Å²) in [6, 6.07) is 4.97. The lowest BCUT2D eigenvalue weighted by atomic mass is 10.1. The number of fused-ring (bicyclic) bond motifs is 1. The smallest absolute Gasteiger partial charge is 0.335 e. The van der Waals surface area contributed by atoms with Crippen LogP contribution in [0.4, 0.5) is 5.69 Å². The van der Waals surface area contributed by atoms with Crippen molar-refractivity contribution in [3.63, 3.8) is 0 Å². The van der Waals surface area contributed by atoms with Crippen molar-refractivity contribution in [3.8, 4) is 0 Å². The molecule has 2 rings (SSSR count). The second-order valence-corrected chi connectivity index (χ2v) is 4.54. The highest BCUT2D eigenvalue weighted by Gasteiger charge is 2.26. The van der Waals surface area contributed by atoms with Gasteiger partial charge < -0.3 is 10.0 Å². The highest BCUT2D eigenvalue weighted by molar-refractivity contribution is 5.98. The van der Waals surface area contributed by atoms with Crippen LogP contribution < -0.4 is 4.90 Å². The number of aromatic carboxylic acids is 1. The van der Waals surface area contributed by atoms with Gasteiger partial charge in [-0.15, -0.1) is 0 Å². The van der Waals surface area contributed by atoms with Crippen molar-refractivity contribution in [3.05, 3.63) is 29.3 Å². The van der Waals surface area contributed by atoms with Crippen LogP contribution in [0.3, 0.4) is 0 Å². The van der Waals surface area contributed by atoms with Crippen LogP contribution >= 0.6 is 0 Å². The highest BCUT2D eigenvalue weighted by Crippen LogP contribution is 2.30. The molecule has 17 heavy (non-hydrogen) atoms. The molecule has 0 saturated carbocycles. The fourth-order valence-electron chi connectivity index (χ4n) is 2.05. The third-order valence-electron chi connectivity index (χ3n) is 2.99. The molecule has 0 unspecified atom stereocenters. The van der Waals surface area contributed by atoms with Crippen LogP contribution in [0, 0.1) is 5.92 Å². The van der Waals surface area contributed by atoms with Crippen molar-refractivity contribution in [2.75, 3.05) is 11.4 Å². The molecule has 0 radical (unpaired) electrons. The Hall–Kier alpha value is -1.84. The summed E-state index contributed by atoms with van der Waals surface area (Å²) in [5.74, 6) is -0.989. The van der Waals surface area contributed by atoms with E-state index in [1.54, 1.807) is 23.1 Å². The molecule has 4 nitrogen and oxygen atoms in total. The minimum atomic E-state index is -0.961. The normalized spacial score (nSPS) is 13.9. The van der Waals surface area contributed by atoms with E-state index >= 15 is 0 Å².